The van der Waals surface area contributed by atoms with Crippen molar-refractivity contribution < 1.29 is 19.2 Å². The molecule has 0 aliphatic carbocycles. The van der Waals surface area contributed by atoms with Crippen molar-refractivity contribution in [1.29, 1.82) is 0 Å². The van der Waals surface area contributed by atoms with Crippen LogP contribution in [-0.4, -0.2) is 69.9 Å². The lowest BCUT2D eigenvalue weighted by Crippen LogP contribution is -2.44. The number of amides is 4. The molecule has 4 rings (SSSR count). The van der Waals surface area contributed by atoms with Crippen molar-refractivity contribution >= 4 is 69.2 Å². The van der Waals surface area contributed by atoms with E-state index in [2.05, 4.69) is 44.7 Å². The molecule has 2 aliphatic rings. The van der Waals surface area contributed by atoms with Crippen molar-refractivity contribution in [2.45, 2.75) is 0 Å². The van der Waals surface area contributed by atoms with Crippen LogP contribution in [-0.2, 0) is 0 Å². The summed E-state index contributed by atoms with van der Waals surface area (Å²) in [5.74, 6) is -2.02. The number of rotatable bonds is 6. The van der Waals surface area contributed by atoms with Gasteiger partial charge in [0.15, 0.2) is 0 Å². The average Bonchev–Trinajstić information content (AvgIpc) is 2.75. The molecule has 0 spiro atoms. The molecule has 8 nitrogen and oxygen atoms in total. The first-order valence-corrected chi connectivity index (χ1v) is 9.72. The van der Waals surface area contributed by atoms with E-state index < -0.39 is 23.6 Å². The predicted molar refractivity (Wildman–Crippen MR) is 114 cm³/mol. The summed E-state index contributed by atoms with van der Waals surface area (Å²) in [6.07, 6.45) is 0. The fraction of sp³-hybridized carbons (Fsp3) is 0.200. The van der Waals surface area contributed by atoms with Crippen molar-refractivity contribution in [2.24, 2.45) is 9.98 Å². The maximum Gasteiger partial charge on any atom is 0.261 e. The van der Waals surface area contributed by atoms with E-state index in [0.717, 1.165) is 9.80 Å². The molecule has 2 heterocycles. The second-order valence-corrected chi connectivity index (χ2v) is 6.91. The predicted octanol–water partition coefficient (Wildman–Crippen LogP) is 2.24. The summed E-state index contributed by atoms with van der Waals surface area (Å²) in [5, 5.41) is 5.06. The van der Waals surface area contributed by atoms with Gasteiger partial charge in [0.2, 0.25) is 0 Å². The minimum Gasteiger partial charge on any atom is -0.272 e. The van der Waals surface area contributed by atoms with Crippen molar-refractivity contribution in [1.82, 2.24) is 9.80 Å². The van der Waals surface area contributed by atoms with Crippen LogP contribution in [0.5, 0.6) is 0 Å². The molecule has 148 valence electrons. The van der Waals surface area contributed by atoms with Gasteiger partial charge in [-0.05, 0) is 48.7 Å². The quantitative estimate of drug-likeness (QED) is 0.391. The minimum absolute atomic E-state index is 0.0533. The molecule has 0 fully saturated rings. The van der Waals surface area contributed by atoms with Gasteiger partial charge < -0.3 is 0 Å². The number of aliphatic imine (C=N–C) groups is 2. The molecule has 10 heteroatoms. The molecule has 2 aromatic carbocycles. The molecule has 0 atom stereocenters. The van der Waals surface area contributed by atoms with Crippen LogP contribution in [0.4, 0.5) is 0 Å². The highest BCUT2D eigenvalue weighted by Gasteiger charge is 2.39. The SMILES string of the molecule is O=C1c2ccc3c4c(ccc(c24)C(=O)N1CCN=C=S)C(=O)N(CCN=C=S)C3=O. The molecule has 0 bridgehead atoms. The van der Waals surface area contributed by atoms with Gasteiger partial charge in [-0.3, -0.25) is 29.0 Å². The summed E-state index contributed by atoms with van der Waals surface area (Å²) >= 11 is 9.04. The molecule has 0 N–H and O–H groups in total. The Hall–Kier alpha value is -3.42. The Balaban J connectivity index is 1.86. The number of hydrogen-bond donors (Lipinski definition) is 0. The third-order valence-electron chi connectivity index (χ3n) is 5.06. The summed E-state index contributed by atoms with van der Waals surface area (Å²) in [6.45, 7) is 0.396. The zero-order valence-electron chi connectivity index (χ0n) is 15.4. The van der Waals surface area contributed by atoms with Gasteiger partial charge in [0.1, 0.15) is 0 Å². The van der Waals surface area contributed by atoms with E-state index in [1.165, 1.54) is 24.3 Å². The smallest absolute Gasteiger partial charge is 0.261 e. The fourth-order valence-electron chi connectivity index (χ4n) is 3.77. The molecule has 30 heavy (non-hydrogen) atoms. The van der Waals surface area contributed by atoms with Gasteiger partial charge in [0.25, 0.3) is 23.6 Å². The number of carbonyl (C=O) groups is 4. The molecule has 0 aromatic heterocycles. The van der Waals surface area contributed by atoms with Gasteiger partial charge >= 0.3 is 0 Å². The van der Waals surface area contributed by atoms with Gasteiger partial charge in [0.05, 0.1) is 23.4 Å². The average molecular weight is 436 g/mol. The molecule has 0 unspecified atom stereocenters. The van der Waals surface area contributed by atoms with Gasteiger partial charge in [0, 0.05) is 46.1 Å². The zero-order chi connectivity index (χ0) is 21.4. The van der Waals surface area contributed by atoms with E-state index in [1.54, 1.807) is 0 Å². The summed E-state index contributed by atoms with van der Waals surface area (Å²) in [4.78, 5) is 61.5. The lowest BCUT2D eigenvalue weighted by molar-refractivity contribution is 0.0594. The standard InChI is InChI=1S/C20H12N4O4S2/c25-17-11-1-2-12-16-14(20(28)24(18(12)26)8-6-22-10-30)4-3-13(15(11)16)19(27)23(17)7-5-21-9-29/h1-4H,5-8H2. The van der Waals surface area contributed by atoms with E-state index in [1.807, 2.05) is 0 Å². The topological polar surface area (TPSA) is 99.5 Å². The number of isothiocyanates is 2. The van der Waals surface area contributed by atoms with Gasteiger partial charge in [-0.2, -0.15) is 0 Å². The normalized spacial score (nSPS) is 14.7. The Morgan fingerprint density at radius 2 is 0.933 bits per heavy atom. The van der Waals surface area contributed by atoms with Crippen LogP contribution >= 0.6 is 24.4 Å². The highest BCUT2D eigenvalue weighted by atomic mass is 32.1. The summed E-state index contributed by atoms with van der Waals surface area (Å²) in [7, 11) is 0. The molecular weight excluding hydrogens is 424 g/mol. The Morgan fingerprint density at radius 3 is 1.20 bits per heavy atom. The molecule has 4 amide bonds. The van der Waals surface area contributed by atoms with E-state index >= 15 is 0 Å². The molecule has 0 saturated carbocycles. The van der Waals surface area contributed by atoms with Crippen LogP contribution in [0.25, 0.3) is 10.8 Å². The molecular formula is C20H12N4O4S2. The molecule has 0 radical (unpaired) electrons. The van der Waals surface area contributed by atoms with Crippen LogP contribution < -0.4 is 0 Å². The van der Waals surface area contributed by atoms with Crippen LogP contribution in [0.15, 0.2) is 34.3 Å². The van der Waals surface area contributed by atoms with Gasteiger partial charge in [-0.15, -0.1) is 0 Å². The highest BCUT2D eigenvalue weighted by molar-refractivity contribution is 7.78. The van der Waals surface area contributed by atoms with Crippen molar-refractivity contribution in [3.8, 4) is 0 Å². The maximum absolute atomic E-state index is 12.9. The molecule has 0 saturated heterocycles. The van der Waals surface area contributed by atoms with E-state index in [9.17, 15) is 19.2 Å². The van der Waals surface area contributed by atoms with E-state index in [4.69, 9.17) is 0 Å². The Bertz CT molecular complexity index is 1090. The Kier molecular flexibility index (Phi) is 5.15. The highest BCUT2D eigenvalue weighted by Crippen LogP contribution is 2.37. The summed E-state index contributed by atoms with van der Waals surface area (Å²) in [6, 6.07) is 6.04. The maximum atomic E-state index is 12.9. The van der Waals surface area contributed by atoms with E-state index in [-0.39, 0.29) is 48.4 Å². The van der Waals surface area contributed by atoms with Crippen molar-refractivity contribution in [3.05, 3.63) is 46.5 Å². The second kappa shape index (κ2) is 7.78. The van der Waals surface area contributed by atoms with E-state index in [0.29, 0.717) is 10.8 Å². The Morgan fingerprint density at radius 1 is 0.633 bits per heavy atom. The van der Waals surface area contributed by atoms with Crippen LogP contribution in [0, 0.1) is 0 Å². The fourth-order valence-corrected chi connectivity index (χ4v) is 3.95. The number of benzene rings is 2. The van der Waals surface area contributed by atoms with Crippen molar-refractivity contribution in [2.75, 3.05) is 26.2 Å². The second-order valence-electron chi connectivity index (χ2n) is 6.54. The largest absolute Gasteiger partial charge is 0.272 e. The Labute approximate surface area is 180 Å². The molecule has 2 aliphatic heterocycles. The van der Waals surface area contributed by atoms with Crippen LogP contribution in [0.1, 0.15) is 41.4 Å². The van der Waals surface area contributed by atoms with Crippen LogP contribution in [0.2, 0.25) is 0 Å². The zero-order valence-corrected chi connectivity index (χ0v) is 17.0. The number of carbonyl (C=O) groups excluding carboxylic acids is 4. The molecule has 2 aromatic rings. The number of thiocarbonyl (C=S) groups is 2. The number of nitrogens with zero attached hydrogens (tertiary/aromatic N) is 4. The van der Waals surface area contributed by atoms with Crippen LogP contribution in [0.3, 0.4) is 0 Å². The monoisotopic (exact) mass is 436 g/mol. The summed E-state index contributed by atoms with van der Waals surface area (Å²) in [5.41, 5.74) is 1.04. The lowest BCUT2D eigenvalue weighted by atomic mass is 9.86. The van der Waals surface area contributed by atoms with Crippen molar-refractivity contribution in [3.63, 3.8) is 0 Å². The first-order chi connectivity index (χ1) is 14.5. The first-order valence-electron chi connectivity index (χ1n) is 8.90. The number of imide groups is 2. The van der Waals surface area contributed by atoms with Gasteiger partial charge in [-0.1, -0.05) is 0 Å². The van der Waals surface area contributed by atoms with Gasteiger partial charge in [-0.25, -0.2) is 9.98 Å². The lowest BCUT2D eigenvalue weighted by Gasteiger charge is -2.31. The first kappa shape index (κ1) is 19.9. The summed E-state index contributed by atoms with van der Waals surface area (Å²) < 4.78 is 0. The third kappa shape index (κ3) is 2.91. The third-order valence-corrected chi connectivity index (χ3v) is 5.32. The minimum atomic E-state index is -0.506. The number of hydrogen-bond acceptors (Lipinski definition) is 8.